The Balaban J connectivity index is 1.79. The molecular weight excluding hydrogens is 231 g/mol. The fraction of sp³-hybridized carbons (Fsp3) is 0.643. The van der Waals surface area contributed by atoms with Crippen LogP contribution in [0.2, 0.25) is 0 Å². The van der Waals surface area contributed by atoms with Crippen molar-refractivity contribution in [1.29, 1.82) is 0 Å². The molecule has 0 aromatic carbocycles. The van der Waals surface area contributed by atoms with Gasteiger partial charge in [-0.05, 0) is 56.7 Å². The fourth-order valence-corrected chi connectivity index (χ4v) is 2.48. The van der Waals surface area contributed by atoms with Gasteiger partial charge in [0.15, 0.2) is 0 Å². The number of aliphatic hydroxyl groups excluding tert-OH is 1. The molecule has 0 aliphatic heterocycles. The van der Waals surface area contributed by atoms with E-state index in [-0.39, 0.29) is 18.0 Å². The summed E-state index contributed by atoms with van der Waals surface area (Å²) in [5.74, 6) is 0.333. The van der Waals surface area contributed by atoms with Crippen LogP contribution in [0.5, 0.6) is 0 Å². The Bertz CT molecular complexity index is 378. The molecule has 1 atom stereocenters. The van der Waals surface area contributed by atoms with Crippen molar-refractivity contribution in [2.24, 2.45) is 5.92 Å². The zero-order chi connectivity index (χ0) is 13.0. The van der Waals surface area contributed by atoms with Crippen LogP contribution >= 0.6 is 0 Å². The smallest absolute Gasteiger partial charge is 0.141 e. The van der Waals surface area contributed by atoms with E-state index < -0.39 is 0 Å². The van der Waals surface area contributed by atoms with E-state index in [0.717, 1.165) is 37.8 Å². The van der Waals surface area contributed by atoms with Gasteiger partial charge in [0.25, 0.3) is 0 Å². The van der Waals surface area contributed by atoms with Crippen LogP contribution in [0.3, 0.4) is 0 Å². The molecule has 2 rings (SSSR count). The van der Waals surface area contributed by atoms with E-state index in [0.29, 0.717) is 5.92 Å². The average molecular weight is 252 g/mol. The molecule has 1 aliphatic rings. The second-order valence-corrected chi connectivity index (χ2v) is 5.24. The van der Waals surface area contributed by atoms with Crippen LogP contribution in [0.15, 0.2) is 18.5 Å². The highest BCUT2D eigenvalue weighted by Gasteiger charge is 2.19. The summed E-state index contributed by atoms with van der Waals surface area (Å²) < 4.78 is 13.0. The van der Waals surface area contributed by atoms with Crippen molar-refractivity contribution in [2.75, 3.05) is 6.54 Å². The lowest BCUT2D eigenvalue weighted by Gasteiger charge is -2.27. The molecule has 100 valence electrons. The SMILES string of the molecule is CC(NCC1CCC(O)CC1)c1cncc(F)c1. The highest BCUT2D eigenvalue weighted by molar-refractivity contribution is 5.14. The number of nitrogens with zero attached hydrogens (tertiary/aromatic N) is 1. The lowest BCUT2D eigenvalue weighted by Crippen LogP contribution is -2.29. The van der Waals surface area contributed by atoms with Gasteiger partial charge < -0.3 is 10.4 Å². The van der Waals surface area contributed by atoms with Crippen LogP contribution in [0.1, 0.15) is 44.2 Å². The number of nitrogens with one attached hydrogen (secondary N) is 1. The van der Waals surface area contributed by atoms with Gasteiger partial charge in [0.2, 0.25) is 0 Å². The molecule has 1 aromatic heterocycles. The lowest BCUT2D eigenvalue weighted by atomic mass is 9.87. The molecule has 0 spiro atoms. The van der Waals surface area contributed by atoms with Crippen molar-refractivity contribution in [3.63, 3.8) is 0 Å². The van der Waals surface area contributed by atoms with Crippen molar-refractivity contribution in [1.82, 2.24) is 10.3 Å². The summed E-state index contributed by atoms with van der Waals surface area (Å²) in [5.41, 5.74) is 0.880. The van der Waals surface area contributed by atoms with Gasteiger partial charge in [-0.15, -0.1) is 0 Å². The Morgan fingerprint density at radius 1 is 1.39 bits per heavy atom. The predicted molar refractivity (Wildman–Crippen MR) is 68.6 cm³/mol. The quantitative estimate of drug-likeness (QED) is 0.865. The number of aromatic nitrogens is 1. The number of halogens is 1. The molecule has 0 amide bonds. The van der Waals surface area contributed by atoms with Crippen LogP contribution in [0, 0.1) is 11.7 Å². The second kappa shape index (κ2) is 6.25. The van der Waals surface area contributed by atoms with E-state index in [9.17, 15) is 9.50 Å². The summed E-state index contributed by atoms with van der Waals surface area (Å²) in [5, 5.41) is 12.9. The molecule has 1 saturated carbocycles. The minimum absolute atomic E-state index is 0.105. The first-order chi connectivity index (χ1) is 8.65. The fourth-order valence-electron chi connectivity index (χ4n) is 2.48. The highest BCUT2D eigenvalue weighted by atomic mass is 19.1. The van der Waals surface area contributed by atoms with Gasteiger partial charge in [0.05, 0.1) is 12.3 Å². The number of pyridine rings is 1. The molecule has 18 heavy (non-hydrogen) atoms. The topological polar surface area (TPSA) is 45.1 Å². The van der Waals surface area contributed by atoms with E-state index in [4.69, 9.17) is 0 Å². The zero-order valence-electron chi connectivity index (χ0n) is 10.8. The van der Waals surface area contributed by atoms with Crippen LogP contribution in [-0.2, 0) is 0 Å². The van der Waals surface area contributed by atoms with Crippen molar-refractivity contribution in [3.05, 3.63) is 29.8 Å². The van der Waals surface area contributed by atoms with Crippen LogP contribution in [0.4, 0.5) is 4.39 Å². The normalized spacial score (nSPS) is 25.9. The van der Waals surface area contributed by atoms with Crippen molar-refractivity contribution in [3.8, 4) is 0 Å². The van der Waals surface area contributed by atoms with E-state index in [2.05, 4.69) is 10.3 Å². The Morgan fingerprint density at radius 2 is 2.11 bits per heavy atom. The molecule has 1 unspecified atom stereocenters. The Hall–Kier alpha value is -1.00. The minimum atomic E-state index is -0.290. The molecule has 1 aliphatic carbocycles. The van der Waals surface area contributed by atoms with E-state index in [1.165, 1.54) is 12.3 Å². The zero-order valence-corrected chi connectivity index (χ0v) is 10.8. The van der Waals surface area contributed by atoms with E-state index >= 15 is 0 Å². The number of rotatable bonds is 4. The van der Waals surface area contributed by atoms with E-state index in [1.807, 2.05) is 6.92 Å². The van der Waals surface area contributed by atoms with Gasteiger partial charge in [-0.3, -0.25) is 4.98 Å². The lowest BCUT2D eigenvalue weighted by molar-refractivity contribution is 0.108. The standard InChI is InChI=1S/C14H21FN2O/c1-10(12-6-13(15)9-16-8-12)17-7-11-2-4-14(18)5-3-11/h6,8-11,14,17-18H,2-5,7H2,1H3. The van der Waals surface area contributed by atoms with Gasteiger partial charge in [-0.25, -0.2) is 4.39 Å². The van der Waals surface area contributed by atoms with E-state index in [1.54, 1.807) is 6.20 Å². The first kappa shape index (κ1) is 13.4. The maximum absolute atomic E-state index is 13.0. The highest BCUT2D eigenvalue weighted by Crippen LogP contribution is 2.24. The largest absolute Gasteiger partial charge is 0.393 e. The molecule has 0 radical (unpaired) electrons. The Morgan fingerprint density at radius 3 is 2.78 bits per heavy atom. The maximum Gasteiger partial charge on any atom is 0.141 e. The van der Waals surface area contributed by atoms with Crippen LogP contribution < -0.4 is 5.32 Å². The number of aliphatic hydroxyl groups is 1. The first-order valence-electron chi connectivity index (χ1n) is 6.67. The van der Waals surface area contributed by atoms with Crippen molar-refractivity contribution >= 4 is 0 Å². The second-order valence-electron chi connectivity index (χ2n) is 5.24. The summed E-state index contributed by atoms with van der Waals surface area (Å²) in [6.45, 7) is 2.94. The third kappa shape index (κ3) is 3.75. The van der Waals surface area contributed by atoms with Gasteiger partial charge in [0.1, 0.15) is 5.82 Å². The minimum Gasteiger partial charge on any atom is -0.393 e. The molecule has 2 N–H and O–H groups in total. The van der Waals surface area contributed by atoms with Crippen LogP contribution in [0.25, 0.3) is 0 Å². The van der Waals surface area contributed by atoms with Crippen LogP contribution in [-0.4, -0.2) is 22.7 Å². The van der Waals surface area contributed by atoms with Gasteiger partial charge in [0, 0.05) is 12.2 Å². The molecule has 3 nitrogen and oxygen atoms in total. The summed E-state index contributed by atoms with van der Waals surface area (Å²) in [7, 11) is 0. The summed E-state index contributed by atoms with van der Waals surface area (Å²) in [6, 6.07) is 1.63. The summed E-state index contributed by atoms with van der Waals surface area (Å²) >= 11 is 0. The maximum atomic E-state index is 13.0. The Kier molecular flexibility index (Phi) is 4.66. The number of hydrogen-bond acceptors (Lipinski definition) is 3. The average Bonchev–Trinajstić information content (AvgIpc) is 2.38. The molecule has 1 heterocycles. The number of hydrogen-bond donors (Lipinski definition) is 2. The molecular formula is C14H21FN2O. The summed E-state index contributed by atoms with van der Waals surface area (Å²) in [4.78, 5) is 3.86. The third-order valence-corrected chi connectivity index (χ3v) is 3.76. The van der Waals surface area contributed by atoms with Crippen molar-refractivity contribution < 1.29 is 9.50 Å². The van der Waals surface area contributed by atoms with Gasteiger partial charge in [-0.2, -0.15) is 0 Å². The first-order valence-corrected chi connectivity index (χ1v) is 6.67. The third-order valence-electron chi connectivity index (χ3n) is 3.76. The monoisotopic (exact) mass is 252 g/mol. The molecule has 1 aromatic rings. The molecule has 1 fully saturated rings. The Labute approximate surface area is 107 Å². The predicted octanol–water partition coefficient (Wildman–Crippen LogP) is 2.42. The van der Waals surface area contributed by atoms with Gasteiger partial charge in [-0.1, -0.05) is 0 Å². The van der Waals surface area contributed by atoms with Gasteiger partial charge >= 0.3 is 0 Å². The molecule has 0 bridgehead atoms. The molecule has 0 saturated heterocycles. The molecule has 4 heteroatoms. The van der Waals surface area contributed by atoms with Crippen molar-refractivity contribution in [2.45, 2.75) is 44.8 Å². The summed E-state index contributed by atoms with van der Waals surface area (Å²) in [6.07, 6.45) is 6.77.